The average molecular weight is 728 g/mol. The molecule has 0 aromatic carbocycles. The third-order valence-electron chi connectivity index (χ3n) is 14.3. The van der Waals surface area contributed by atoms with Gasteiger partial charge in [-0.3, -0.25) is 4.79 Å². The maximum atomic E-state index is 14.1. The summed E-state index contributed by atoms with van der Waals surface area (Å²) in [4.78, 5) is 14.1. The number of carbonyl (C=O) groups is 1. The van der Waals surface area contributed by atoms with Crippen LogP contribution in [0.2, 0.25) is 0 Å². The Morgan fingerprint density at radius 2 is 1.52 bits per heavy atom. The van der Waals surface area contributed by atoms with Crippen LogP contribution in [0.1, 0.15) is 97.3 Å². The normalized spacial score (nSPS) is 52.4. The van der Waals surface area contributed by atoms with Gasteiger partial charge < -0.3 is 48.3 Å². The van der Waals surface area contributed by atoms with E-state index in [1.165, 1.54) is 0 Å². The van der Waals surface area contributed by atoms with Crippen molar-refractivity contribution in [1.82, 2.24) is 5.32 Å². The molecule has 10 heterocycles. The number of ketones is 1. The van der Waals surface area contributed by atoms with E-state index in [1.54, 1.807) is 0 Å². The van der Waals surface area contributed by atoms with Gasteiger partial charge in [-0.2, -0.15) is 0 Å². The second kappa shape index (κ2) is 14.4. The molecule has 0 aliphatic carbocycles. The van der Waals surface area contributed by atoms with Crippen LogP contribution in [0.4, 0.5) is 0 Å². The molecule has 0 radical (unpaired) electrons. The van der Waals surface area contributed by atoms with E-state index < -0.39 is 11.9 Å². The van der Waals surface area contributed by atoms with E-state index in [-0.39, 0.29) is 103 Å². The fraction of sp³-hybridized carbons (Fsp3) is 0.878. The quantitative estimate of drug-likeness (QED) is 0.403. The maximum Gasteiger partial charge on any atom is 0.172 e. The van der Waals surface area contributed by atoms with Gasteiger partial charge in [-0.25, -0.2) is 0 Å². The predicted molar refractivity (Wildman–Crippen MR) is 190 cm³/mol. The van der Waals surface area contributed by atoms with Crippen molar-refractivity contribution >= 4 is 5.78 Å². The molecule has 10 fully saturated rings. The highest BCUT2D eigenvalue weighted by Crippen LogP contribution is 2.54. The van der Waals surface area contributed by atoms with Crippen molar-refractivity contribution in [3.05, 3.63) is 24.3 Å². The first-order valence-electron chi connectivity index (χ1n) is 20.6. The number of fused-ring (bicyclic) bond motifs is 6. The second-order valence-corrected chi connectivity index (χ2v) is 17.9. The molecule has 1 spiro atoms. The number of ether oxygens (including phenoxy) is 8. The topological polar surface area (TPSA) is 123 Å². The van der Waals surface area contributed by atoms with Gasteiger partial charge in [0.15, 0.2) is 5.79 Å². The summed E-state index contributed by atoms with van der Waals surface area (Å²) in [5, 5.41) is 13.8. The van der Waals surface area contributed by atoms with E-state index in [0.29, 0.717) is 51.0 Å². The van der Waals surface area contributed by atoms with Gasteiger partial charge in [0.05, 0.1) is 61.0 Å². The van der Waals surface area contributed by atoms with Crippen molar-refractivity contribution in [3.8, 4) is 0 Å². The molecule has 10 aliphatic heterocycles. The smallest absolute Gasteiger partial charge is 0.172 e. The Morgan fingerprint density at radius 1 is 0.769 bits per heavy atom. The molecule has 10 saturated heterocycles. The highest BCUT2D eigenvalue weighted by Gasteiger charge is 2.68. The fourth-order valence-corrected chi connectivity index (χ4v) is 11.5. The molecule has 0 aromatic heterocycles. The van der Waals surface area contributed by atoms with Crippen molar-refractivity contribution in [2.45, 2.75) is 195 Å². The number of carbonyl (C=O) groups excluding carboxylic acids is 1. The summed E-state index contributed by atoms with van der Waals surface area (Å²) in [5.74, 6) is -0.148. The van der Waals surface area contributed by atoms with Gasteiger partial charge >= 0.3 is 0 Å². The highest BCUT2D eigenvalue weighted by atomic mass is 16.8. The van der Waals surface area contributed by atoms with Crippen LogP contribution in [0.25, 0.3) is 0 Å². The number of nitrogens with one attached hydrogen (secondary N) is 1. The molecule has 52 heavy (non-hydrogen) atoms. The Morgan fingerprint density at radius 3 is 2.37 bits per heavy atom. The zero-order valence-electron chi connectivity index (χ0n) is 31.3. The largest absolute Gasteiger partial charge is 0.392 e. The molecule has 2 N–H and O–H groups in total. The minimum absolute atomic E-state index is 0.00398. The van der Waals surface area contributed by atoms with Crippen LogP contribution in [-0.4, -0.2) is 122 Å². The lowest BCUT2D eigenvalue weighted by molar-refractivity contribution is -0.292. The molecule has 11 nitrogen and oxygen atoms in total. The summed E-state index contributed by atoms with van der Waals surface area (Å²) in [6, 6.07) is 0. The number of aliphatic hydroxyl groups excluding tert-OH is 1. The molecule has 19 atom stereocenters. The van der Waals surface area contributed by atoms with Crippen molar-refractivity contribution in [2.75, 3.05) is 13.6 Å². The molecular weight excluding hydrogens is 666 g/mol. The van der Waals surface area contributed by atoms with E-state index >= 15 is 0 Å². The molecule has 0 saturated carbocycles. The van der Waals surface area contributed by atoms with E-state index in [1.807, 2.05) is 7.05 Å². The molecule has 11 heteroatoms. The van der Waals surface area contributed by atoms with Gasteiger partial charge in [-0.05, 0) is 80.9 Å². The Balaban J connectivity index is 0.981. The van der Waals surface area contributed by atoms with Crippen LogP contribution in [0.3, 0.4) is 0 Å². The van der Waals surface area contributed by atoms with E-state index in [0.717, 1.165) is 56.1 Å². The first kappa shape index (κ1) is 36.4. The molecule has 2 unspecified atom stereocenters. The molecule has 0 amide bonds. The van der Waals surface area contributed by atoms with Crippen molar-refractivity contribution in [2.24, 2.45) is 17.8 Å². The monoisotopic (exact) mass is 727 g/mol. The van der Waals surface area contributed by atoms with Crippen molar-refractivity contribution in [3.63, 3.8) is 0 Å². The Labute approximate surface area is 308 Å². The van der Waals surface area contributed by atoms with Crippen LogP contribution in [0, 0.1) is 17.8 Å². The summed E-state index contributed by atoms with van der Waals surface area (Å²) in [6.07, 6.45) is 6.85. The van der Waals surface area contributed by atoms with Crippen molar-refractivity contribution < 1.29 is 47.8 Å². The zero-order valence-corrected chi connectivity index (χ0v) is 31.3. The van der Waals surface area contributed by atoms with Crippen molar-refractivity contribution in [1.29, 1.82) is 0 Å². The van der Waals surface area contributed by atoms with Crippen LogP contribution in [-0.2, 0) is 42.7 Å². The number of rotatable bonds is 4. The molecule has 10 rings (SSSR count). The Bertz CT molecular complexity index is 1380. The van der Waals surface area contributed by atoms with Gasteiger partial charge in [0, 0.05) is 45.1 Å². The van der Waals surface area contributed by atoms with Gasteiger partial charge in [0.1, 0.15) is 36.3 Å². The fourth-order valence-electron chi connectivity index (χ4n) is 11.5. The third kappa shape index (κ3) is 6.71. The predicted octanol–water partition coefficient (Wildman–Crippen LogP) is 4.32. The minimum atomic E-state index is -0.762. The SMILES string of the molecule is C=C1C[C@@H]2CCC34C[C@H]5O[C@@H]6[C@@H](OC7CC[C@H](CC(=O)C[C@@H]8[C@@H](C)[C@@H](C[C@H](O)CNC)O[C@H]8C[C@H]8O[C@@H](CC[C@@H]1O2)C[C@@H](C)C8=C)O[C@@H]7[C@@H]6O3)[C@H]5O4. The standard InChI is InChI=1S/C41H61NO10/c1-20-12-26-6-8-30-21(2)13-28(45-30)10-11-41-18-35-37(51-41)38-39(50-35)40(52-41)36-31(49-38)9-7-27(47-36)14-24(43)15-29-23(4)32(16-25(44)19-42-5)48-34(29)17-33(46-26)22(20)3/h20,23,25-40,42,44H,2-3,6-19H2,1,4-5H3/t20-,23-,25+,26+,27-,28+,29-,30+,31?,32-,33-,34+,35-,36+,37+,38+,39-,40+,41?/m1/s1. The molecule has 12 bridgehead atoms. The van der Waals surface area contributed by atoms with Gasteiger partial charge in [-0.15, -0.1) is 0 Å². The minimum Gasteiger partial charge on any atom is -0.392 e. The van der Waals surface area contributed by atoms with Crippen LogP contribution in [0.15, 0.2) is 24.3 Å². The van der Waals surface area contributed by atoms with Crippen LogP contribution >= 0.6 is 0 Å². The van der Waals surface area contributed by atoms with E-state index in [4.69, 9.17) is 37.9 Å². The Kier molecular flexibility index (Phi) is 10.0. The lowest BCUT2D eigenvalue weighted by Gasteiger charge is -2.47. The first-order chi connectivity index (χ1) is 25.1. The molecular formula is C41H61NO10. The molecule has 290 valence electrons. The van der Waals surface area contributed by atoms with Crippen LogP contribution < -0.4 is 5.32 Å². The molecule has 10 aliphatic rings. The first-order valence-corrected chi connectivity index (χ1v) is 20.6. The number of hydrogen-bond acceptors (Lipinski definition) is 11. The summed E-state index contributed by atoms with van der Waals surface area (Å²) in [5.41, 5.74) is 2.26. The number of aliphatic hydroxyl groups is 1. The summed E-state index contributed by atoms with van der Waals surface area (Å²) < 4.78 is 54.2. The number of hydrogen-bond donors (Lipinski definition) is 2. The van der Waals surface area contributed by atoms with E-state index in [9.17, 15) is 9.90 Å². The van der Waals surface area contributed by atoms with Gasteiger partial charge in [0.25, 0.3) is 0 Å². The summed E-state index contributed by atoms with van der Waals surface area (Å²) in [6.45, 7) is 13.9. The zero-order chi connectivity index (χ0) is 35.9. The second-order valence-electron chi connectivity index (χ2n) is 17.9. The van der Waals surface area contributed by atoms with Gasteiger partial charge in [-0.1, -0.05) is 27.0 Å². The lowest BCUT2D eigenvalue weighted by atomic mass is 9.78. The summed E-state index contributed by atoms with van der Waals surface area (Å²) in [7, 11) is 1.85. The van der Waals surface area contributed by atoms with Gasteiger partial charge in [0.2, 0.25) is 0 Å². The van der Waals surface area contributed by atoms with E-state index in [2.05, 4.69) is 32.3 Å². The third-order valence-corrected chi connectivity index (χ3v) is 14.3. The highest BCUT2D eigenvalue weighted by molar-refractivity contribution is 5.79. The lowest BCUT2D eigenvalue weighted by Crippen LogP contribution is -2.61. The average Bonchev–Trinajstić information content (AvgIpc) is 3.77. The van der Waals surface area contributed by atoms with Crippen LogP contribution in [0.5, 0.6) is 0 Å². The summed E-state index contributed by atoms with van der Waals surface area (Å²) >= 11 is 0. The maximum absolute atomic E-state index is 14.1. The Hall–Kier alpha value is -1.25. The number of likely N-dealkylation sites (N-methyl/N-ethyl adjacent to an activating group) is 1. The molecule has 0 aromatic rings. The number of Topliss-reactive ketones (excluding diaryl/α,β-unsaturated/α-hetero) is 1.